The Morgan fingerprint density at radius 3 is 2.52 bits per heavy atom. The maximum Gasteiger partial charge on any atom is 0.191 e. The van der Waals surface area contributed by atoms with E-state index < -0.39 is 0 Å². The van der Waals surface area contributed by atoms with Crippen molar-refractivity contribution in [2.24, 2.45) is 4.99 Å². The fourth-order valence-corrected chi connectivity index (χ4v) is 2.90. The van der Waals surface area contributed by atoms with Gasteiger partial charge in [-0.2, -0.15) is 0 Å². The number of halogens is 1. The van der Waals surface area contributed by atoms with Crippen LogP contribution in [-0.4, -0.2) is 36.4 Å². The van der Waals surface area contributed by atoms with Gasteiger partial charge in [-0.1, -0.05) is 0 Å². The first-order valence-electron chi connectivity index (χ1n) is 7.71. The van der Waals surface area contributed by atoms with Crippen LogP contribution in [0.4, 0.5) is 4.39 Å². The zero-order valence-electron chi connectivity index (χ0n) is 13.3. The van der Waals surface area contributed by atoms with Crippen molar-refractivity contribution >= 4 is 17.7 Å². The summed E-state index contributed by atoms with van der Waals surface area (Å²) in [5, 5.41) is 6.59. The Labute approximate surface area is 141 Å². The van der Waals surface area contributed by atoms with Gasteiger partial charge in [0.1, 0.15) is 5.82 Å². The highest BCUT2D eigenvalue weighted by Crippen LogP contribution is 2.18. The van der Waals surface area contributed by atoms with Crippen LogP contribution in [0.2, 0.25) is 0 Å². The lowest BCUT2D eigenvalue weighted by molar-refractivity contribution is 0.626. The van der Waals surface area contributed by atoms with Gasteiger partial charge >= 0.3 is 0 Å². The van der Waals surface area contributed by atoms with Crippen molar-refractivity contribution < 1.29 is 4.39 Å². The fraction of sp³-hybridized carbons (Fsp3) is 0.353. The van der Waals surface area contributed by atoms with Crippen molar-refractivity contribution in [3.63, 3.8) is 0 Å². The van der Waals surface area contributed by atoms with Gasteiger partial charge in [-0.3, -0.25) is 4.99 Å². The van der Waals surface area contributed by atoms with Gasteiger partial charge in [0.2, 0.25) is 0 Å². The van der Waals surface area contributed by atoms with Crippen molar-refractivity contribution in [1.29, 1.82) is 0 Å². The molecule has 1 aromatic heterocycles. The summed E-state index contributed by atoms with van der Waals surface area (Å²) in [5.74, 6) is 1.62. The Morgan fingerprint density at radius 2 is 1.83 bits per heavy atom. The van der Waals surface area contributed by atoms with Crippen LogP contribution < -0.4 is 10.6 Å². The van der Waals surface area contributed by atoms with Crippen LogP contribution in [0, 0.1) is 5.82 Å². The van der Waals surface area contributed by atoms with Gasteiger partial charge in [0, 0.05) is 44.0 Å². The fourth-order valence-electron chi connectivity index (χ4n) is 2.04. The summed E-state index contributed by atoms with van der Waals surface area (Å²) in [4.78, 5) is 5.31. The molecule has 2 N–H and O–H groups in total. The molecule has 2 aromatic rings. The highest BCUT2D eigenvalue weighted by Gasteiger charge is 1.98. The van der Waals surface area contributed by atoms with Crippen molar-refractivity contribution in [2.75, 3.05) is 25.9 Å². The number of hydrogen-bond donors (Lipinski definition) is 2. The summed E-state index contributed by atoms with van der Waals surface area (Å²) >= 11 is 1.73. The van der Waals surface area contributed by atoms with E-state index in [0.717, 1.165) is 42.7 Å². The lowest BCUT2D eigenvalue weighted by Gasteiger charge is -2.12. The van der Waals surface area contributed by atoms with Gasteiger partial charge in [-0.25, -0.2) is 4.39 Å². The predicted octanol–water partition coefficient (Wildman–Crippen LogP) is 2.97. The van der Waals surface area contributed by atoms with Gasteiger partial charge in [0.25, 0.3) is 0 Å². The first kappa shape index (κ1) is 17.4. The highest BCUT2D eigenvalue weighted by atomic mass is 32.2. The van der Waals surface area contributed by atoms with Crippen LogP contribution in [-0.2, 0) is 6.54 Å². The number of rotatable bonds is 8. The van der Waals surface area contributed by atoms with Crippen LogP contribution in [0.15, 0.2) is 58.7 Å². The molecule has 2 rings (SSSR count). The van der Waals surface area contributed by atoms with Crippen molar-refractivity contribution in [1.82, 2.24) is 15.2 Å². The molecule has 0 bridgehead atoms. The Kier molecular flexibility index (Phi) is 7.52. The molecule has 0 amide bonds. The Morgan fingerprint density at radius 1 is 1.13 bits per heavy atom. The third kappa shape index (κ3) is 6.78. The summed E-state index contributed by atoms with van der Waals surface area (Å²) in [6, 6.07) is 10.7. The van der Waals surface area contributed by atoms with Crippen LogP contribution >= 0.6 is 11.8 Å². The molecule has 1 aromatic carbocycles. The average molecular weight is 334 g/mol. The minimum atomic E-state index is -0.189. The van der Waals surface area contributed by atoms with Gasteiger partial charge < -0.3 is 15.2 Å². The first-order chi connectivity index (χ1) is 11.3. The smallest absolute Gasteiger partial charge is 0.191 e. The molecule has 6 heteroatoms. The van der Waals surface area contributed by atoms with E-state index in [1.807, 2.05) is 36.7 Å². The van der Waals surface area contributed by atoms with Crippen LogP contribution in [0.25, 0.3) is 0 Å². The molecule has 0 aliphatic rings. The zero-order chi connectivity index (χ0) is 16.3. The first-order valence-corrected chi connectivity index (χ1v) is 8.70. The van der Waals surface area contributed by atoms with E-state index in [-0.39, 0.29) is 5.82 Å². The lowest BCUT2D eigenvalue weighted by Crippen LogP contribution is -2.39. The second-order valence-electron chi connectivity index (χ2n) is 5.00. The second kappa shape index (κ2) is 9.94. The molecular formula is C17H23FN4S. The Bertz CT molecular complexity index is 581. The molecular weight excluding hydrogens is 311 g/mol. The molecule has 1 heterocycles. The maximum absolute atomic E-state index is 12.8. The molecule has 4 nitrogen and oxygen atoms in total. The molecule has 0 fully saturated rings. The Hall–Kier alpha value is -1.95. The average Bonchev–Trinajstić information content (AvgIpc) is 3.08. The van der Waals surface area contributed by atoms with Gasteiger partial charge in [0.15, 0.2) is 5.96 Å². The largest absolute Gasteiger partial charge is 0.356 e. The molecule has 0 atom stereocenters. The van der Waals surface area contributed by atoms with Crippen LogP contribution in [0.1, 0.15) is 6.42 Å². The summed E-state index contributed by atoms with van der Waals surface area (Å²) < 4.78 is 14.9. The highest BCUT2D eigenvalue weighted by molar-refractivity contribution is 7.99. The normalized spacial score (nSPS) is 11.5. The monoisotopic (exact) mass is 334 g/mol. The molecule has 0 aliphatic carbocycles. The number of guanidine groups is 1. The lowest BCUT2D eigenvalue weighted by atomic mass is 10.4. The van der Waals surface area contributed by atoms with E-state index in [9.17, 15) is 4.39 Å². The number of aromatic nitrogens is 1. The quantitative estimate of drug-likeness (QED) is 0.337. The van der Waals surface area contributed by atoms with Crippen LogP contribution in [0.5, 0.6) is 0 Å². The van der Waals surface area contributed by atoms with E-state index >= 15 is 0 Å². The van der Waals surface area contributed by atoms with E-state index in [2.05, 4.69) is 20.2 Å². The minimum absolute atomic E-state index is 0.189. The maximum atomic E-state index is 12.8. The predicted molar refractivity (Wildman–Crippen MR) is 95.5 cm³/mol. The zero-order valence-corrected chi connectivity index (χ0v) is 14.2. The number of nitrogens with zero attached hydrogens (tertiary/aromatic N) is 2. The summed E-state index contributed by atoms with van der Waals surface area (Å²) in [6.07, 6.45) is 5.11. The van der Waals surface area contributed by atoms with E-state index in [4.69, 9.17) is 0 Å². The van der Waals surface area contributed by atoms with Gasteiger partial charge in [-0.05, 0) is 48.6 Å². The summed E-state index contributed by atoms with van der Waals surface area (Å²) in [6.45, 7) is 2.60. The molecule has 0 saturated carbocycles. The molecule has 0 spiro atoms. The van der Waals surface area contributed by atoms with Gasteiger partial charge in [-0.15, -0.1) is 11.8 Å². The minimum Gasteiger partial charge on any atom is -0.356 e. The Balaban J connectivity index is 1.55. The molecule has 0 saturated heterocycles. The van der Waals surface area contributed by atoms with E-state index in [1.165, 1.54) is 12.1 Å². The standard InChI is InChI=1S/C17H23FN4S/c1-19-17(21-10-13-22-11-2-3-12-22)20-9-4-14-23-16-7-5-15(18)6-8-16/h2-3,5-8,11-12H,4,9-10,13-14H2,1H3,(H2,19,20,21). The van der Waals surface area contributed by atoms with Crippen LogP contribution in [0.3, 0.4) is 0 Å². The van der Waals surface area contributed by atoms with Crippen molar-refractivity contribution in [3.8, 4) is 0 Å². The third-order valence-corrected chi connectivity index (χ3v) is 4.35. The van der Waals surface area contributed by atoms with E-state index in [0.29, 0.717) is 0 Å². The van der Waals surface area contributed by atoms with Crippen molar-refractivity contribution in [3.05, 3.63) is 54.6 Å². The molecule has 0 aliphatic heterocycles. The SMILES string of the molecule is CN=C(NCCCSc1ccc(F)cc1)NCCn1cccc1. The number of hydrogen-bond acceptors (Lipinski definition) is 2. The van der Waals surface area contributed by atoms with Gasteiger partial charge in [0.05, 0.1) is 0 Å². The molecule has 23 heavy (non-hydrogen) atoms. The molecule has 124 valence electrons. The number of aliphatic imine (C=N–C) groups is 1. The van der Waals surface area contributed by atoms with Crippen molar-refractivity contribution in [2.45, 2.75) is 17.9 Å². The summed E-state index contributed by atoms with van der Waals surface area (Å²) in [5.41, 5.74) is 0. The molecule has 0 radical (unpaired) electrons. The number of benzene rings is 1. The third-order valence-electron chi connectivity index (χ3n) is 3.25. The summed E-state index contributed by atoms with van der Waals surface area (Å²) in [7, 11) is 1.78. The molecule has 0 unspecified atom stereocenters. The number of nitrogens with one attached hydrogen (secondary N) is 2. The topological polar surface area (TPSA) is 41.4 Å². The van der Waals surface area contributed by atoms with E-state index in [1.54, 1.807) is 18.8 Å². The second-order valence-corrected chi connectivity index (χ2v) is 6.17. The number of thioether (sulfide) groups is 1.